The Balaban J connectivity index is 2.07. The number of rotatable bonds is 5. The van der Waals surface area contributed by atoms with E-state index in [0.29, 0.717) is 13.0 Å². The minimum atomic E-state index is 0.0279. The van der Waals surface area contributed by atoms with E-state index in [1.165, 1.54) is 0 Å². The van der Waals surface area contributed by atoms with Crippen molar-refractivity contribution >= 4 is 17.4 Å². The molecule has 0 saturated carbocycles. The monoisotopic (exact) mass is 288 g/mol. The van der Waals surface area contributed by atoms with E-state index >= 15 is 0 Å². The number of benzene rings is 1. The predicted octanol–water partition coefficient (Wildman–Crippen LogP) is 2.77. The number of amides is 1. The van der Waals surface area contributed by atoms with Gasteiger partial charge < -0.3 is 10.2 Å². The van der Waals surface area contributed by atoms with E-state index in [2.05, 4.69) is 12.2 Å². The van der Waals surface area contributed by atoms with Gasteiger partial charge in [0, 0.05) is 30.3 Å². The average molecular weight is 288 g/mol. The molecule has 0 saturated heterocycles. The van der Waals surface area contributed by atoms with Crippen LogP contribution in [-0.4, -0.2) is 30.8 Å². The first-order valence-electron chi connectivity index (χ1n) is 7.78. The van der Waals surface area contributed by atoms with E-state index < -0.39 is 0 Å². The molecule has 2 rings (SSSR count). The Morgan fingerprint density at radius 2 is 2.14 bits per heavy atom. The summed E-state index contributed by atoms with van der Waals surface area (Å²) in [5.41, 5.74) is 1.63. The summed E-state index contributed by atoms with van der Waals surface area (Å²) in [6.45, 7) is 5.21. The summed E-state index contributed by atoms with van der Waals surface area (Å²) in [6.07, 6.45) is 3.40. The molecule has 1 heterocycles. The van der Waals surface area contributed by atoms with Gasteiger partial charge in [-0.05, 0) is 31.9 Å². The molecule has 0 aliphatic carbocycles. The van der Waals surface area contributed by atoms with Gasteiger partial charge in [-0.2, -0.15) is 0 Å². The molecule has 1 aromatic carbocycles. The molecule has 0 radical (unpaired) electrons. The lowest BCUT2D eigenvalue weighted by atomic mass is 10.1. The van der Waals surface area contributed by atoms with Crippen molar-refractivity contribution in [2.24, 2.45) is 0 Å². The van der Waals surface area contributed by atoms with Crippen molar-refractivity contribution in [3.05, 3.63) is 29.8 Å². The summed E-state index contributed by atoms with van der Waals surface area (Å²) in [7, 11) is 0. The normalized spacial score (nSPS) is 16.1. The molecule has 0 aromatic heterocycles. The third-order valence-electron chi connectivity index (χ3n) is 3.84. The first kappa shape index (κ1) is 15.5. The highest BCUT2D eigenvalue weighted by Gasteiger charge is 2.22. The van der Waals surface area contributed by atoms with Gasteiger partial charge in [-0.3, -0.25) is 9.59 Å². The van der Waals surface area contributed by atoms with Crippen LogP contribution in [0.25, 0.3) is 0 Å². The quantitative estimate of drug-likeness (QED) is 0.906. The van der Waals surface area contributed by atoms with Crippen molar-refractivity contribution in [2.75, 3.05) is 18.0 Å². The summed E-state index contributed by atoms with van der Waals surface area (Å²) < 4.78 is 0. The molecule has 1 aliphatic heterocycles. The second-order valence-electron chi connectivity index (χ2n) is 5.72. The van der Waals surface area contributed by atoms with Gasteiger partial charge in [0.1, 0.15) is 0 Å². The first-order chi connectivity index (χ1) is 10.1. The second-order valence-corrected chi connectivity index (χ2v) is 5.72. The molecule has 1 aromatic rings. The number of ketones is 1. The zero-order chi connectivity index (χ0) is 15.2. The second kappa shape index (κ2) is 7.25. The van der Waals surface area contributed by atoms with Crippen LogP contribution in [0.4, 0.5) is 5.69 Å². The first-order valence-corrected chi connectivity index (χ1v) is 7.78. The maximum Gasteiger partial charge on any atom is 0.239 e. The highest BCUT2D eigenvalue weighted by atomic mass is 16.2. The van der Waals surface area contributed by atoms with Crippen molar-refractivity contribution in [3.8, 4) is 0 Å². The van der Waals surface area contributed by atoms with Gasteiger partial charge in [0.25, 0.3) is 0 Å². The molecule has 0 spiro atoms. The number of hydrogen-bond acceptors (Lipinski definition) is 3. The molecule has 0 bridgehead atoms. The van der Waals surface area contributed by atoms with Crippen LogP contribution in [0.3, 0.4) is 0 Å². The van der Waals surface area contributed by atoms with Crippen molar-refractivity contribution in [3.63, 3.8) is 0 Å². The standard InChI is InChI=1S/C17H24N2O2/c1-3-7-13(2)18-17(21)12-19-11-6-10-16(20)14-8-4-5-9-15(14)19/h4-5,8-9,13H,3,6-7,10-12H2,1-2H3,(H,18,21). The summed E-state index contributed by atoms with van der Waals surface area (Å²) in [5, 5.41) is 3.02. The Morgan fingerprint density at radius 3 is 2.90 bits per heavy atom. The fourth-order valence-electron chi connectivity index (χ4n) is 2.83. The van der Waals surface area contributed by atoms with Crippen LogP contribution in [0.2, 0.25) is 0 Å². The predicted molar refractivity (Wildman–Crippen MR) is 84.7 cm³/mol. The van der Waals surface area contributed by atoms with Crippen LogP contribution in [0.5, 0.6) is 0 Å². The van der Waals surface area contributed by atoms with Crippen LogP contribution in [0.1, 0.15) is 49.9 Å². The lowest BCUT2D eigenvalue weighted by Crippen LogP contribution is -2.41. The molecule has 1 N–H and O–H groups in total. The van der Waals surface area contributed by atoms with Gasteiger partial charge in [-0.25, -0.2) is 0 Å². The van der Waals surface area contributed by atoms with Crippen LogP contribution >= 0.6 is 0 Å². The zero-order valence-electron chi connectivity index (χ0n) is 12.9. The lowest BCUT2D eigenvalue weighted by Gasteiger charge is -2.24. The van der Waals surface area contributed by atoms with Crippen LogP contribution in [0.15, 0.2) is 24.3 Å². The van der Waals surface area contributed by atoms with Crippen molar-refractivity contribution in [1.29, 1.82) is 0 Å². The maximum absolute atomic E-state index is 12.2. The molecule has 114 valence electrons. The molecule has 4 nitrogen and oxygen atoms in total. The molecule has 1 atom stereocenters. The van der Waals surface area contributed by atoms with E-state index in [1.807, 2.05) is 36.1 Å². The van der Waals surface area contributed by atoms with Crippen LogP contribution in [-0.2, 0) is 4.79 Å². The third kappa shape index (κ3) is 4.06. The third-order valence-corrected chi connectivity index (χ3v) is 3.84. The Labute approximate surface area is 126 Å². The smallest absolute Gasteiger partial charge is 0.239 e. The van der Waals surface area contributed by atoms with Gasteiger partial charge in [-0.1, -0.05) is 25.5 Å². The highest BCUT2D eigenvalue weighted by Crippen LogP contribution is 2.25. The number of hydrogen-bond donors (Lipinski definition) is 1. The number of nitrogens with zero attached hydrogens (tertiary/aromatic N) is 1. The van der Waals surface area contributed by atoms with E-state index in [-0.39, 0.29) is 17.7 Å². The summed E-state index contributed by atoms with van der Waals surface area (Å²) in [5.74, 6) is 0.202. The Morgan fingerprint density at radius 1 is 1.38 bits per heavy atom. The van der Waals surface area contributed by atoms with Gasteiger partial charge in [0.15, 0.2) is 5.78 Å². The van der Waals surface area contributed by atoms with Crippen LogP contribution in [0, 0.1) is 0 Å². The fourth-order valence-corrected chi connectivity index (χ4v) is 2.83. The molecule has 0 fully saturated rings. The lowest BCUT2D eigenvalue weighted by molar-refractivity contribution is -0.120. The summed E-state index contributed by atoms with van der Waals surface area (Å²) in [6, 6.07) is 7.78. The molecular formula is C17H24N2O2. The molecule has 1 aliphatic rings. The summed E-state index contributed by atoms with van der Waals surface area (Å²) >= 11 is 0. The number of para-hydroxylation sites is 1. The Kier molecular flexibility index (Phi) is 5.37. The van der Waals surface area contributed by atoms with Crippen LogP contribution < -0.4 is 10.2 Å². The van der Waals surface area contributed by atoms with Gasteiger partial charge in [-0.15, -0.1) is 0 Å². The van der Waals surface area contributed by atoms with Gasteiger partial charge in [0.2, 0.25) is 5.91 Å². The number of Topliss-reactive ketones (excluding diaryl/α,β-unsaturated/α-hetero) is 1. The van der Waals surface area contributed by atoms with Crippen molar-refractivity contribution < 1.29 is 9.59 Å². The number of carbonyl (C=O) groups is 2. The van der Waals surface area contributed by atoms with E-state index in [9.17, 15) is 9.59 Å². The van der Waals surface area contributed by atoms with Gasteiger partial charge in [0.05, 0.1) is 6.54 Å². The number of nitrogens with one attached hydrogen (secondary N) is 1. The van der Waals surface area contributed by atoms with Gasteiger partial charge >= 0.3 is 0 Å². The average Bonchev–Trinajstić information content (AvgIpc) is 2.60. The van der Waals surface area contributed by atoms with E-state index in [4.69, 9.17) is 0 Å². The highest BCUT2D eigenvalue weighted by molar-refractivity contribution is 6.02. The fraction of sp³-hybridized carbons (Fsp3) is 0.529. The number of anilines is 1. The Bertz CT molecular complexity index is 513. The molecular weight excluding hydrogens is 264 g/mol. The minimum Gasteiger partial charge on any atom is -0.362 e. The number of carbonyl (C=O) groups excluding carboxylic acids is 2. The molecule has 1 amide bonds. The van der Waals surface area contributed by atoms with E-state index in [0.717, 1.165) is 37.1 Å². The SMILES string of the molecule is CCCC(C)NC(=O)CN1CCCC(=O)c2ccccc21. The Hall–Kier alpha value is -1.84. The van der Waals surface area contributed by atoms with Crippen molar-refractivity contribution in [2.45, 2.75) is 45.6 Å². The molecule has 4 heteroatoms. The maximum atomic E-state index is 12.2. The largest absolute Gasteiger partial charge is 0.362 e. The number of fused-ring (bicyclic) bond motifs is 1. The zero-order valence-corrected chi connectivity index (χ0v) is 12.9. The molecule has 1 unspecified atom stereocenters. The minimum absolute atomic E-state index is 0.0279. The topological polar surface area (TPSA) is 49.4 Å². The van der Waals surface area contributed by atoms with E-state index in [1.54, 1.807) is 0 Å². The summed E-state index contributed by atoms with van der Waals surface area (Å²) in [4.78, 5) is 26.3. The van der Waals surface area contributed by atoms with Crippen molar-refractivity contribution in [1.82, 2.24) is 5.32 Å². The molecule has 21 heavy (non-hydrogen) atoms.